The molecule has 1 N–H and O–H groups in total. The molecule has 21 heavy (non-hydrogen) atoms. The third-order valence-electron chi connectivity index (χ3n) is 4.51. The van der Waals surface area contributed by atoms with Crippen LogP contribution in [0, 0.1) is 12.8 Å². The summed E-state index contributed by atoms with van der Waals surface area (Å²) in [6.07, 6.45) is -3.36. The molecule has 1 aliphatic heterocycles. The van der Waals surface area contributed by atoms with Gasteiger partial charge in [0.05, 0.1) is 5.56 Å². The van der Waals surface area contributed by atoms with Crippen LogP contribution in [0.25, 0.3) is 0 Å². The summed E-state index contributed by atoms with van der Waals surface area (Å²) in [6.45, 7) is 6.74. The normalized spacial score (nSPS) is 27.7. The Morgan fingerprint density at radius 2 is 1.90 bits per heavy atom. The summed E-state index contributed by atoms with van der Waals surface area (Å²) in [4.78, 5) is 2.29. The number of anilines is 1. The molecule has 1 fully saturated rings. The van der Waals surface area contributed by atoms with Crippen molar-refractivity contribution in [2.75, 3.05) is 18.9 Å². The fourth-order valence-electron chi connectivity index (χ4n) is 2.97. The van der Waals surface area contributed by atoms with Crippen LogP contribution in [0.2, 0.25) is 0 Å². The van der Waals surface area contributed by atoms with E-state index in [-0.39, 0.29) is 11.6 Å². The van der Waals surface area contributed by atoms with Crippen LogP contribution in [0.15, 0.2) is 18.2 Å². The number of benzene rings is 1. The number of alkyl halides is 3. The van der Waals surface area contributed by atoms with Gasteiger partial charge in [-0.3, -0.25) is 0 Å². The lowest BCUT2D eigenvalue weighted by molar-refractivity contribution is -0.138. The lowest BCUT2D eigenvalue weighted by atomic mass is 9.89. The van der Waals surface area contributed by atoms with Gasteiger partial charge in [0.2, 0.25) is 0 Å². The van der Waals surface area contributed by atoms with Crippen molar-refractivity contribution >= 4 is 5.69 Å². The van der Waals surface area contributed by atoms with E-state index in [0.29, 0.717) is 17.6 Å². The van der Waals surface area contributed by atoms with Crippen molar-refractivity contribution in [2.45, 2.75) is 45.5 Å². The number of likely N-dealkylation sites (tertiary alicyclic amines) is 1. The van der Waals surface area contributed by atoms with Crippen LogP contribution in [0.5, 0.6) is 0 Å². The number of hydrogen-bond donors (Lipinski definition) is 1. The molecule has 1 aliphatic rings. The molecule has 2 rings (SSSR count). The number of piperidine rings is 1. The summed E-state index contributed by atoms with van der Waals surface area (Å²) in [6, 6.07) is 5.14. The predicted octanol–water partition coefficient (Wildman–Crippen LogP) is 4.15. The summed E-state index contributed by atoms with van der Waals surface area (Å²) in [5.41, 5.74) is 0.264. The summed E-state index contributed by atoms with van der Waals surface area (Å²) < 4.78 is 38.9. The van der Waals surface area contributed by atoms with Crippen LogP contribution in [-0.4, -0.2) is 30.6 Å². The van der Waals surface area contributed by atoms with Gasteiger partial charge in [0, 0.05) is 24.3 Å². The highest BCUT2D eigenvalue weighted by Gasteiger charge is 2.33. The van der Waals surface area contributed by atoms with E-state index in [1.165, 1.54) is 19.1 Å². The zero-order chi connectivity index (χ0) is 15.8. The quantitative estimate of drug-likeness (QED) is 0.882. The molecule has 3 atom stereocenters. The van der Waals surface area contributed by atoms with Gasteiger partial charge < -0.3 is 10.2 Å². The Bertz CT molecular complexity index is 499. The second-order valence-corrected chi connectivity index (χ2v) is 6.28. The standard InChI is InChI=1S/C16H23F3N2/c1-10-5-6-13(8-14(10)16(17,18)19)20-15-7-12(3)21(4)9-11(15)2/h5-6,8,11-12,15,20H,7,9H2,1-4H3. The third-order valence-corrected chi connectivity index (χ3v) is 4.51. The molecule has 1 saturated heterocycles. The number of nitrogens with zero attached hydrogens (tertiary/aromatic N) is 1. The first-order chi connectivity index (χ1) is 9.68. The Labute approximate surface area is 124 Å². The Hall–Kier alpha value is -1.23. The molecular weight excluding hydrogens is 277 g/mol. The zero-order valence-electron chi connectivity index (χ0n) is 13.0. The molecule has 1 aromatic carbocycles. The Kier molecular flexibility index (Phi) is 4.51. The molecule has 2 nitrogen and oxygen atoms in total. The van der Waals surface area contributed by atoms with Gasteiger partial charge in [-0.15, -0.1) is 0 Å². The van der Waals surface area contributed by atoms with Gasteiger partial charge in [-0.1, -0.05) is 13.0 Å². The molecule has 0 amide bonds. The maximum Gasteiger partial charge on any atom is 0.416 e. The summed E-state index contributed by atoms with van der Waals surface area (Å²) in [5.74, 6) is 0.404. The second-order valence-electron chi connectivity index (χ2n) is 6.28. The van der Waals surface area contributed by atoms with Gasteiger partial charge >= 0.3 is 6.18 Å². The summed E-state index contributed by atoms with van der Waals surface area (Å²) in [7, 11) is 2.09. The largest absolute Gasteiger partial charge is 0.416 e. The summed E-state index contributed by atoms with van der Waals surface area (Å²) >= 11 is 0. The van der Waals surface area contributed by atoms with E-state index >= 15 is 0 Å². The maximum atomic E-state index is 13.0. The van der Waals surface area contributed by atoms with E-state index in [1.807, 2.05) is 0 Å². The number of nitrogens with one attached hydrogen (secondary N) is 1. The topological polar surface area (TPSA) is 15.3 Å². The van der Waals surface area contributed by atoms with Gasteiger partial charge in [0.25, 0.3) is 0 Å². The third kappa shape index (κ3) is 3.70. The van der Waals surface area contributed by atoms with Crippen LogP contribution < -0.4 is 5.32 Å². The molecule has 118 valence electrons. The number of aryl methyl sites for hydroxylation is 1. The Morgan fingerprint density at radius 1 is 1.24 bits per heavy atom. The molecule has 1 aromatic rings. The van der Waals surface area contributed by atoms with Crippen molar-refractivity contribution in [1.29, 1.82) is 0 Å². The SMILES string of the molecule is Cc1ccc(NC2CC(C)N(C)CC2C)cc1C(F)(F)F. The highest BCUT2D eigenvalue weighted by atomic mass is 19.4. The second kappa shape index (κ2) is 5.87. The predicted molar refractivity (Wildman–Crippen MR) is 79.5 cm³/mol. The fourth-order valence-corrected chi connectivity index (χ4v) is 2.97. The van der Waals surface area contributed by atoms with E-state index in [9.17, 15) is 13.2 Å². The van der Waals surface area contributed by atoms with Crippen LogP contribution in [0.1, 0.15) is 31.4 Å². The molecule has 0 aliphatic carbocycles. The lowest BCUT2D eigenvalue weighted by Gasteiger charge is -2.40. The van der Waals surface area contributed by atoms with E-state index < -0.39 is 11.7 Å². The average Bonchev–Trinajstić information content (AvgIpc) is 2.37. The number of hydrogen-bond acceptors (Lipinski definition) is 2. The molecule has 3 unspecified atom stereocenters. The first-order valence-corrected chi connectivity index (χ1v) is 7.33. The molecule has 0 bridgehead atoms. The van der Waals surface area contributed by atoms with Crippen LogP contribution in [0.3, 0.4) is 0 Å². The molecule has 0 aromatic heterocycles. The Morgan fingerprint density at radius 3 is 2.52 bits per heavy atom. The van der Waals surface area contributed by atoms with E-state index in [0.717, 1.165) is 13.0 Å². The van der Waals surface area contributed by atoms with Gasteiger partial charge in [-0.05, 0) is 50.9 Å². The molecule has 1 heterocycles. The van der Waals surface area contributed by atoms with Crippen molar-refractivity contribution in [2.24, 2.45) is 5.92 Å². The van der Waals surface area contributed by atoms with E-state index in [1.54, 1.807) is 6.07 Å². The number of halogens is 3. The van der Waals surface area contributed by atoms with Crippen LogP contribution >= 0.6 is 0 Å². The molecule has 0 spiro atoms. The minimum atomic E-state index is -4.30. The average molecular weight is 300 g/mol. The lowest BCUT2D eigenvalue weighted by Crippen LogP contribution is -2.48. The molecular formula is C16H23F3N2. The van der Waals surface area contributed by atoms with Crippen molar-refractivity contribution < 1.29 is 13.2 Å². The minimum absolute atomic E-state index is 0.208. The first kappa shape index (κ1) is 16.1. The smallest absolute Gasteiger partial charge is 0.382 e. The van der Waals surface area contributed by atoms with Gasteiger partial charge in [0.15, 0.2) is 0 Å². The summed E-state index contributed by atoms with van der Waals surface area (Å²) in [5, 5.41) is 3.29. The highest BCUT2D eigenvalue weighted by Crippen LogP contribution is 2.34. The van der Waals surface area contributed by atoms with Crippen molar-refractivity contribution in [1.82, 2.24) is 4.90 Å². The molecule has 5 heteroatoms. The van der Waals surface area contributed by atoms with Crippen LogP contribution in [0.4, 0.5) is 18.9 Å². The zero-order valence-corrected chi connectivity index (χ0v) is 13.0. The maximum absolute atomic E-state index is 13.0. The van der Waals surface area contributed by atoms with E-state index in [2.05, 4.69) is 31.1 Å². The number of rotatable bonds is 2. The first-order valence-electron chi connectivity index (χ1n) is 7.33. The highest BCUT2D eigenvalue weighted by molar-refractivity contribution is 5.50. The van der Waals surface area contributed by atoms with Gasteiger partial charge in [-0.2, -0.15) is 13.2 Å². The van der Waals surface area contributed by atoms with Crippen molar-refractivity contribution in [3.05, 3.63) is 29.3 Å². The Balaban J connectivity index is 2.16. The fraction of sp³-hybridized carbons (Fsp3) is 0.625. The van der Waals surface area contributed by atoms with Crippen LogP contribution in [-0.2, 0) is 6.18 Å². The monoisotopic (exact) mass is 300 g/mol. The molecule has 0 saturated carbocycles. The minimum Gasteiger partial charge on any atom is -0.382 e. The van der Waals surface area contributed by atoms with Gasteiger partial charge in [-0.25, -0.2) is 0 Å². The van der Waals surface area contributed by atoms with Crippen molar-refractivity contribution in [3.63, 3.8) is 0 Å². The molecule has 0 radical (unpaired) electrons. The van der Waals surface area contributed by atoms with Gasteiger partial charge in [0.1, 0.15) is 0 Å². The van der Waals surface area contributed by atoms with E-state index in [4.69, 9.17) is 0 Å². The van der Waals surface area contributed by atoms with Crippen molar-refractivity contribution in [3.8, 4) is 0 Å².